The van der Waals surface area contributed by atoms with Crippen molar-refractivity contribution in [2.24, 2.45) is 0 Å². The number of H-pyrrole nitrogens is 1. The van der Waals surface area contributed by atoms with Crippen LogP contribution in [-0.2, 0) is 27.4 Å². The summed E-state index contributed by atoms with van der Waals surface area (Å²) in [6.07, 6.45) is 1.74. The summed E-state index contributed by atoms with van der Waals surface area (Å²) in [6, 6.07) is 22.2. The van der Waals surface area contributed by atoms with Gasteiger partial charge in [-0.15, -0.1) is 0 Å². The number of anilines is 1. The summed E-state index contributed by atoms with van der Waals surface area (Å²) < 4.78 is 11.6. The summed E-state index contributed by atoms with van der Waals surface area (Å²) in [5.74, 6) is -0.967. The van der Waals surface area contributed by atoms with Gasteiger partial charge in [-0.25, -0.2) is 9.97 Å². The maximum Gasteiger partial charge on any atom is 0.262 e. The first-order valence-electron chi connectivity index (χ1n) is 18.7. The average molecular weight is 777 g/mol. The van der Waals surface area contributed by atoms with Crippen LogP contribution < -0.4 is 15.4 Å². The lowest BCUT2D eigenvalue weighted by Crippen LogP contribution is -2.54. The van der Waals surface area contributed by atoms with E-state index in [1.807, 2.05) is 24.3 Å². The number of imide groups is 2. The normalized spacial score (nSPS) is 17.7. The van der Waals surface area contributed by atoms with Crippen molar-refractivity contribution in [1.82, 2.24) is 35.0 Å². The molecule has 2 saturated heterocycles. The van der Waals surface area contributed by atoms with E-state index in [2.05, 4.69) is 65.7 Å². The van der Waals surface area contributed by atoms with Crippen molar-refractivity contribution < 1.29 is 28.7 Å². The van der Waals surface area contributed by atoms with Crippen LogP contribution in [0.15, 0.2) is 79.1 Å². The van der Waals surface area contributed by atoms with Crippen LogP contribution in [0.1, 0.15) is 44.7 Å². The Kier molecular flexibility index (Phi) is 11.0. The summed E-state index contributed by atoms with van der Waals surface area (Å²) in [4.78, 5) is 67.9. The van der Waals surface area contributed by atoms with Crippen LogP contribution >= 0.6 is 11.6 Å². The Hall–Kier alpha value is -5.67. The number of rotatable bonds is 14. The van der Waals surface area contributed by atoms with Crippen molar-refractivity contribution in [2.45, 2.75) is 32.0 Å². The Morgan fingerprint density at radius 1 is 0.839 bits per heavy atom. The fourth-order valence-corrected chi connectivity index (χ4v) is 7.53. The van der Waals surface area contributed by atoms with E-state index >= 15 is 0 Å². The van der Waals surface area contributed by atoms with Crippen LogP contribution in [0.25, 0.3) is 22.3 Å². The van der Waals surface area contributed by atoms with Gasteiger partial charge in [-0.3, -0.25) is 39.2 Å². The zero-order valence-corrected chi connectivity index (χ0v) is 31.4. The summed E-state index contributed by atoms with van der Waals surface area (Å²) >= 11 is 6.34. The number of hydrogen-bond acceptors (Lipinski definition) is 11. The number of ether oxygens (including phenoxy) is 2. The molecule has 8 rings (SSSR count). The molecule has 0 radical (unpaired) electrons. The number of nitrogens with one attached hydrogen (secondary N) is 3. The molecule has 5 aromatic rings. The predicted octanol–water partition coefficient (Wildman–Crippen LogP) is 4.50. The van der Waals surface area contributed by atoms with Gasteiger partial charge >= 0.3 is 0 Å². The summed E-state index contributed by atoms with van der Waals surface area (Å²) in [5, 5.41) is 7.24. The third-order valence-electron chi connectivity index (χ3n) is 10.4. The van der Waals surface area contributed by atoms with Crippen molar-refractivity contribution >= 4 is 52.1 Å². The highest BCUT2D eigenvalue weighted by molar-refractivity contribution is 6.31. The lowest BCUT2D eigenvalue weighted by Gasteiger charge is -2.34. The lowest BCUT2D eigenvalue weighted by molar-refractivity contribution is -0.136. The van der Waals surface area contributed by atoms with Gasteiger partial charge in [0, 0.05) is 63.0 Å². The molecule has 3 aromatic carbocycles. The molecular weight excluding hydrogens is 736 g/mol. The highest BCUT2D eigenvalue weighted by Crippen LogP contribution is 2.31. The molecule has 0 spiro atoms. The third-order valence-corrected chi connectivity index (χ3v) is 10.8. The number of hydrogen-bond donors (Lipinski definition) is 3. The molecule has 0 saturated carbocycles. The molecule has 14 nitrogen and oxygen atoms in total. The van der Waals surface area contributed by atoms with Gasteiger partial charge in [-0.2, -0.15) is 0 Å². The van der Waals surface area contributed by atoms with Gasteiger partial charge < -0.3 is 19.8 Å². The standard InChI is InChI=1S/C41H41ClN8O6/c42-33-4-2-1-3-28(33)23-43-37-32-22-34(46-38(32)45-25-44-37)27-7-5-26(6-8-27)24-49-15-13-48(14-16-49)17-18-55-19-20-56-29-9-10-30-31(21-29)41(54)50(40(30)53)35-11-12-36(51)47-39(35)52/h1-10,21-22,25,35H,11-20,23-24H2,(H,47,51,52)(H2,43,44,45,46). The van der Waals surface area contributed by atoms with Crippen molar-refractivity contribution in [3.8, 4) is 17.0 Å². The number of halogens is 1. The number of amides is 4. The van der Waals surface area contributed by atoms with Gasteiger partial charge in [-0.05, 0) is 53.4 Å². The second-order valence-corrected chi connectivity index (χ2v) is 14.4. The monoisotopic (exact) mass is 776 g/mol. The molecule has 0 bridgehead atoms. The lowest BCUT2D eigenvalue weighted by atomic mass is 10.0. The fraction of sp³-hybridized carbons (Fsp3) is 0.317. The van der Waals surface area contributed by atoms with Crippen LogP contribution in [0.2, 0.25) is 5.02 Å². The third kappa shape index (κ3) is 8.14. The van der Waals surface area contributed by atoms with Gasteiger partial charge in [0.25, 0.3) is 11.8 Å². The molecule has 2 aromatic heterocycles. The molecule has 3 aliphatic rings. The van der Waals surface area contributed by atoms with Gasteiger partial charge in [0.15, 0.2) is 0 Å². The van der Waals surface area contributed by atoms with E-state index in [0.29, 0.717) is 30.5 Å². The molecule has 4 amide bonds. The Balaban J connectivity index is 0.742. The number of carbonyl (C=O) groups is 4. The van der Waals surface area contributed by atoms with E-state index in [-0.39, 0.29) is 30.6 Å². The summed E-state index contributed by atoms with van der Waals surface area (Å²) in [7, 11) is 0. The van der Waals surface area contributed by atoms with Gasteiger partial charge in [-0.1, -0.05) is 54.1 Å². The molecule has 3 aliphatic heterocycles. The zero-order chi connectivity index (χ0) is 38.6. The number of fused-ring (bicyclic) bond motifs is 2. The smallest absolute Gasteiger partial charge is 0.262 e. The Bertz CT molecular complexity index is 2270. The maximum absolute atomic E-state index is 13.1. The number of carbonyl (C=O) groups excluding carboxylic acids is 4. The van der Waals surface area contributed by atoms with Crippen molar-refractivity contribution in [1.29, 1.82) is 0 Å². The number of piperidine rings is 1. The van der Waals surface area contributed by atoms with E-state index < -0.39 is 29.7 Å². The summed E-state index contributed by atoms with van der Waals surface area (Å²) in [5.41, 5.74) is 5.49. The van der Waals surface area contributed by atoms with Gasteiger partial charge in [0.1, 0.15) is 36.2 Å². The van der Waals surface area contributed by atoms with Crippen LogP contribution in [-0.4, -0.2) is 112 Å². The Morgan fingerprint density at radius 2 is 1.62 bits per heavy atom. The molecule has 1 unspecified atom stereocenters. The second kappa shape index (κ2) is 16.6. The number of aromatic amines is 1. The number of piperazine rings is 1. The van der Waals surface area contributed by atoms with E-state index in [1.165, 1.54) is 17.7 Å². The minimum atomic E-state index is -1.00. The van der Waals surface area contributed by atoms with Crippen molar-refractivity contribution in [3.05, 3.63) is 106 Å². The molecule has 3 N–H and O–H groups in total. The molecule has 288 valence electrons. The van der Waals surface area contributed by atoms with Crippen LogP contribution in [0, 0.1) is 0 Å². The molecule has 5 heterocycles. The average Bonchev–Trinajstić information content (AvgIpc) is 3.75. The SMILES string of the molecule is O=C1CCC(N2C(=O)c3ccc(OCCOCCN4CCN(Cc5ccc(-c6cc7c(NCc8ccccc8Cl)ncnc7[nH]6)cc5)CC4)cc3C2=O)C(=O)N1. The van der Waals surface area contributed by atoms with Crippen molar-refractivity contribution in [3.63, 3.8) is 0 Å². The van der Waals surface area contributed by atoms with Gasteiger partial charge in [0.2, 0.25) is 11.8 Å². The molecule has 56 heavy (non-hydrogen) atoms. The second-order valence-electron chi connectivity index (χ2n) is 14.0. The maximum atomic E-state index is 13.1. The van der Waals surface area contributed by atoms with Crippen LogP contribution in [0.3, 0.4) is 0 Å². The van der Waals surface area contributed by atoms with E-state index in [1.54, 1.807) is 12.4 Å². The molecular formula is C41H41ClN8O6. The molecule has 2 fully saturated rings. The predicted molar refractivity (Wildman–Crippen MR) is 209 cm³/mol. The van der Waals surface area contributed by atoms with E-state index in [0.717, 1.165) is 77.8 Å². The van der Waals surface area contributed by atoms with Crippen LogP contribution in [0.4, 0.5) is 5.82 Å². The quantitative estimate of drug-likeness (QED) is 0.108. The van der Waals surface area contributed by atoms with E-state index in [9.17, 15) is 19.2 Å². The first kappa shape index (κ1) is 37.3. The van der Waals surface area contributed by atoms with Gasteiger partial charge in [0.05, 0.1) is 29.7 Å². The topological polar surface area (TPSA) is 162 Å². The molecule has 15 heteroatoms. The highest BCUT2D eigenvalue weighted by Gasteiger charge is 2.44. The molecule has 0 aliphatic carbocycles. The Labute approximate surface area is 328 Å². The number of aromatic nitrogens is 3. The zero-order valence-electron chi connectivity index (χ0n) is 30.6. The Morgan fingerprint density at radius 3 is 2.43 bits per heavy atom. The van der Waals surface area contributed by atoms with E-state index in [4.69, 9.17) is 21.1 Å². The van der Waals surface area contributed by atoms with Crippen LogP contribution in [0.5, 0.6) is 5.75 Å². The first-order valence-corrected chi connectivity index (χ1v) is 19.1. The fourth-order valence-electron chi connectivity index (χ4n) is 7.33. The highest BCUT2D eigenvalue weighted by atomic mass is 35.5. The minimum absolute atomic E-state index is 0.0724. The largest absolute Gasteiger partial charge is 0.491 e. The first-order chi connectivity index (χ1) is 27.3. The summed E-state index contributed by atoms with van der Waals surface area (Å²) in [6.45, 7) is 7.34. The number of nitrogens with zero attached hydrogens (tertiary/aromatic N) is 5. The van der Waals surface area contributed by atoms with Crippen molar-refractivity contribution in [2.75, 3.05) is 57.9 Å². The molecule has 1 atom stereocenters. The number of benzene rings is 3. The minimum Gasteiger partial charge on any atom is -0.491 e.